The average molecular weight is 313 g/mol. The highest BCUT2D eigenvalue weighted by molar-refractivity contribution is 5.77. The SMILES string of the molecule is COc1cccc([C@@H]2CCCN2C(=O)Cn2cccnc2=O)c1. The second-order valence-corrected chi connectivity index (χ2v) is 5.55. The second-order valence-electron chi connectivity index (χ2n) is 5.55. The molecule has 0 bridgehead atoms. The molecule has 6 nitrogen and oxygen atoms in total. The molecule has 1 fully saturated rings. The molecule has 0 radical (unpaired) electrons. The molecule has 0 unspecified atom stereocenters. The summed E-state index contributed by atoms with van der Waals surface area (Å²) in [5.74, 6) is 0.718. The minimum absolute atomic E-state index is 0.0210. The molecule has 0 saturated carbocycles. The van der Waals surface area contributed by atoms with Gasteiger partial charge in [-0.2, -0.15) is 0 Å². The third-order valence-electron chi connectivity index (χ3n) is 4.14. The molecule has 1 aromatic heterocycles. The number of nitrogens with zero attached hydrogens (tertiary/aromatic N) is 3. The van der Waals surface area contributed by atoms with Crippen LogP contribution in [0, 0.1) is 0 Å². The molecule has 0 aliphatic carbocycles. The van der Waals surface area contributed by atoms with Gasteiger partial charge in [0.2, 0.25) is 5.91 Å². The Balaban J connectivity index is 1.79. The lowest BCUT2D eigenvalue weighted by Gasteiger charge is -2.25. The molecule has 2 heterocycles. The zero-order valence-corrected chi connectivity index (χ0v) is 13.0. The topological polar surface area (TPSA) is 64.4 Å². The predicted molar refractivity (Wildman–Crippen MR) is 85.2 cm³/mol. The van der Waals surface area contributed by atoms with Crippen LogP contribution in [0.1, 0.15) is 24.4 Å². The summed E-state index contributed by atoms with van der Waals surface area (Å²) in [6, 6.07) is 9.48. The Kier molecular flexibility index (Phi) is 4.41. The Morgan fingerprint density at radius 3 is 3.04 bits per heavy atom. The summed E-state index contributed by atoms with van der Waals surface area (Å²) in [7, 11) is 1.63. The van der Waals surface area contributed by atoms with E-state index in [4.69, 9.17) is 4.74 Å². The zero-order valence-electron chi connectivity index (χ0n) is 13.0. The highest BCUT2D eigenvalue weighted by atomic mass is 16.5. The van der Waals surface area contributed by atoms with Crippen molar-refractivity contribution in [1.82, 2.24) is 14.5 Å². The molecule has 23 heavy (non-hydrogen) atoms. The Morgan fingerprint density at radius 1 is 1.39 bits per heavy atom. The third-order valence-corrected chi connectivity index (χ3v) is 4.14. The van der Waals surface area contributed by atoms with Crippen molar-refractivity contribution in [2.75, 3.05) is 13.7 Å². The number of amides is 1. The number of methoxy groups -OCH3 is 1. The maximum Gasteiger partial charge on any atom is 0.347 e. The fraction of sp³-hybridized carbons (Fsp3) is 0.353. The molecule has 0 spiro atoms. The van der Waals surface area contributed by atoms with E-state index in [1.165, 1.54) is 10.8 Å². The van der Waals surface area contributed by atoms with E-state index in [-0.39, 0.29) is 18.5 Å². The van der Waals surface area contributed by atoms with Gasteiger partial charge in [-0.15, -0.1) is 0 Å². The lowest BCUT2D eigenvalue weighted by atomic mass is 10.0. The minimum atomic E-state index is -0.405. The molecule has 0 N–H and O–H groups in total. The van der Waals surface area contributed by atoms with Crippen LogP contribution in [0.4, 0.5) is 0 Å². The third kappa shape index (κ3) is 3.26. The summed E-state index contributed by atoms with van der Waals surface area (Å²) >= 11 is 0. The van der Waals surface area contributed by atoms with Crippen molar-refractivity contribution < 1.29 is 9.53 Å². The number of carbonyl (C=O) groups is 1. The van der Waals surface area contributed by atoms with Crippen molar-refractivity contribution in [2.24, 2.45) is 0 Å². The van der Waals surface area contributed by atoms with Crippen LogP contribution in [0.2, 0.25) is 0 Å². The first-order valence-corrected chi connectivity index (χ1v) is 7.64. The zero-order chi connectivity index (χ0) is 16.2. The second kappa shape index (κ2) is 6.64. The van der Waals surface area contributed by atoms with E-state index in [0.29, 0.717) is 6.54 Å². The van der Waals surface area contributed by atoms with Crippen LogP contribution in [0.3, 0.4) is 0 Å². The lowest BCUT2D eigenvalue weighted by Crippen LogP contribution is -2.36. The van der Waals surface area contributed by atoms with Crippen LogP contribution in [0.5, 0.6) is 5.75 Å². The van der Waals surface area contributed by atoms with E-state index in [1.54, 1.807) is 19.4 Å². The number of rotatable bonds is 4. The van der Waals surface area contributed by atoms with Gasteiger partial charge in [-0.1, -0.05) is 12.1 Å². The summed E-state index contributed by atoms with van der Waals surface area (Å²) < 4.78 is 6.60. The number of likely N-dealkylation sites (tertiary alicyclic amines) is 1. The summed E-state index contributed by atoms with van der Waals surface area (Å²) in [5, 5.41) is 0. The number of hydrogen-bond donors (Lipinski definition) is 0. The van der Waals surface area contributed by atoms with Gasteiger partial charge in [0.25, 0.3) is 0 Å². The average Bonchev–Trinajstić information content (AvgIpc) is 3.07. The van der Waals surface area contributed by atoms with E-state index >= 15 is 0 Å². The van der Waals surface area contributed by atoms with Gasteiger partial charge in [0.1, 0.15) is 12.3 Å². The van der Waals surface area contributed by atoms with Crippen LogP contribution in [0.25, 0.3) is 0 Å². The smallest absolute Gasteiger partial charge is 0.347 e. The quantitative estimate of drug-likeness (QED) is 0.860. The number of benzene rings is 1. The molecular weight excluding hydrogens is 294 g/mol. The Labute approximate surface area is 134 Å². The van der Waals surface area contributed by atoms with Gasteiger partial charge in [-0.25, -0.2) is 9.78 Å². The van der Waals surface area contributed by atoms with Crippen LogP contribution < -0.4 is 10.4 Å². The van der Waals surface area contributed by atoms with Gasteiger partial charge in [0, 0.05) is 18.9 Å². The van der Waals surface area contributed by atoms with Crippen LogP contribution >= 0.6 is 0 Å². The molecule has 3 rings (SSSR count). The van der Waals surface area contributed by atoms with E-state index in [0.717, 1.165) is 24.2 Å². The Hall–Kier alpha value is -2.63. The normalized spacial score (nSPS) is 17.3. The molecule has 1 aromatic carbocycles. The standard InChI is InChI=1S/C17H19N3O3/c1-23-14-6-2-5-13(11-14)15-7-3-10-20(15)16(21)12-19-9-4-8-18-17(19)22/h2,4-6,8-9,11,15H,3,7,10,12H2,1H3/t15-/m0/s1. The monoisotopic (exact) mass is 313 g/mol. The first kappa shape index (κ1) is 15.3. The van der Waals surface area contributed by atoms with Crippen LogP contribution in [-0.2, 0) is 11.3 Å². The van der Waals surface area contributed by atoms with E-state index in [2.05, 4.69) is 4.98 Å². The van der Waals surface area contributed by atoms with Crippen molar-refractivity contribution in [1.29, 1.82) is 0 Å². The summed E-state index contributed by atoms with van der Waals surface area (Å²) in [6.45, 7) is 0.725. The Morgan fingerprint density at radius 2 is 2.26 bits per heavy atom. The van der Waals surface area contributed by atoms with Crippen molar-refractivity contribution >= 4 is 5.91 Å². The van der Waals surface area contributed by atoms with Crippen molar-refractivity contribution in [3.8, 4) is 5.75 Å². The van der Waals surface area contributed by atoms with Gasteiger partial charge >= 0.3 is 5.69 Å². The predicted octanol–water partition coefficient (Wildman–Crippen LogP) is 1.62. The molecule has 2 aromatic rings. The number of aromatic nitrogens is 2. The molecular formula is C17H19N3O3. The summed E-state index contributed by atoms with van der Waals surface area (Å²) in [6.07, 6.45) is 4.89. The Bertz CT molecular complexity index is 756. The molecule has 1 amide bonds. The summed E-state index contributed by atoms with van der Waals surface area (Å²) in [5.41, 5.74) is 0.659. The molecule has 1 aliphatic heterocycles. The summed E-state index contributed by atoms with van der Waals surface area (Å²) in [4.78, 5) is 29.8. The maximum atomic E-state index is 12.6. The van der Waals surface area contributed by atoms with Gasteiger partial charge in [0.05, 0.1) is 13.2 Å². The van der Waals surface area contributed by atoms with Crippen LogP contribution in [0.15, 0.2) is 47.5 Å². The van der Waals surface area contributed by atoms with Crippen molar-refractivity contribution in [3.05, 3.63) is 58.8 Å². The molecule has 1 aliphatic rings. The molecule has 6 heteroatoms. The molecule has 120 valence electrons. The first-order valence-electron chi connectivity index (χ1n) is 7.64. The number of ether oxygens (including phenoxy) is 1. The maximum absolute atomic E-state index is 12.6. The highest BCUT2D eigenvalue weighted by Gasteiger charge is 2.30. The van der Waals surface area contributed by atoms with Gasteiger partial charge in [0.15, 0.2) is 0 Å². The first-order chi connectivity index (χ1) is 11.2. The number of hydrogen-bond acceptors (Lipinski definition) is 4. The van der Waals surface area contributed by atoms with E-state index < -0.39 is 5.69 Å². The van der Waals surface area contributed by atoms with Crippen LogP contribution in [-0.4, -0.2) is 34.0 Å². The fourth-order valence-electron chi connectivity index (χ4n) is 3.00. The largest absolute Gasteiger partial charge is 0.497 e. The number of carbonyl (C=O) groups excluding carboxylic acids is 1. The van der Waals surface area contributed by atoms with E-state index in [1.807, 2.05) is 29.2 Å². The minimum Gasteiger partial charge on any atom is -0.497 e. The van der Waals surface area contributed by atoms with Gasteiger partial charge < -0.3 is 9.64 Å². The van der Waals surface area contributed by atoms with Crippen molar-refractivity contribution in [3.63, 3.8) is 0 Å². The van der Waals surface area contributed by atoms with E-state index in [9.17, 15) is 9.59 Å². The molecule has 1 atom stereocenters. The van der Waals surface area contributed by atoms with Gasteiger partial charge in [-0.3, -0.25) is 9.36 Å². The van der Waals surface area contributed by atoms with Crippen molar-refractivity contribution in [2.45, 2.75) is 25.4 Å². The van der Waals surface area contributed by atoms with Gasteiger partial charge in [-0.05, 0) is 36.6 Å². The fourth-order valence-corrected chi connectivity index (χ4v) is 3.00. The highest BCUT2D eigenvalue weighted by Crippen LogP contribution is 2.33. The lowest BCUT2D eigenvalue weighted by molar-refractivity contribution is -0.132. The molecule has 1 saturated heterocycles.